The van der Waals surface area contributed by atoms with E-state index in [9.17, 15) is 0 Å². The second-order valence-electron chi connectivity index (χ2n) is 6.94. The number of ether oxygens (including phenoxy) is 4. The molecule has 0 unspecified atom stereocenters. The van der Waals surface area contributed by atoms with E-state index >= 15 is 0 Å². The van der Waals surface area contributed by atoms with E-state index in [0.717, 1.165) is 12.1 Å². The molecule has 25 heavy (non-hydrogen) atoms. The molecule has 7 nitrogen and oxygen atoms in total. The summed E-state index contributed by atoms with van der Waals surface area (Å²) in [6, 6.07) is 10.2. The lowest BCUT2D eigenvalue weighted by Crippen LogP contribution is -2.33. The van der Waals surface area contributed by atoms with Crippen LogP contribution < -0.4 is 0 Å². The highest BCUT2D eigenvalue weighted by Gasteiger charge is 2.55. The molecule has 0 N–H and O–H groups in total. The van der Waals surface area contributed by atoms with Crippen molar-refractivity contribution in [1.82, 2.24) is 15.0 Å². The average Bonchev–Trinajstić information content (AvgIpc) is 3.23. The SMILES string of the molecule is CO[C@@H]1O[C@H](Cn2cc(Cc3ccccc3)nn2)[C@H]2OC(C)(C)O[C@@H]12. The molecule has 2 saturated heterocycles. The minimum Gasteiger partial charge on any atom is -0.353 e. The van der Waals surface area contributed by atoms with Crippen molar-refractivity contribution in [3.05, 3.63) is 47.8 Å². The summed E-state index contributed by atoms with van der Waals surface area (Å²) in [5.41, 5.74) is 2.13. The van der Waals surface area contributed by atoms with Crippen molar-refractivity contribution in [2.75, 3.05) is 7.11 Å². The van der Waals surface area contributed by atoms with Crippen LogP contribution in [0.2, 0.25) is 0 Å². The molecule has 0 radical (unpaired) electrons. The number of methoxy groups -OCH3 is 1. The molecule has 2 fully saturated rings. The number of nitrogens with zero attached hydrogens (tertiary/aromatic N) is 3. The van der Waals surface area contributed by atoms with Crippen molar-refractivity contribution < 1.29 is 18.9 Å². The summed E-state index contributed by atoms with van der Waals surface area (Å²) in [5, 5.41) is 8.49. The molecular formula is C18H23N3O4. The van der Waals surface area contributed by atoms with E-state index in [2.05, 4.69) is 22.4 Å². The van der Waals surface area contributed by atoms with Crippen LogP contribution in [-0.2, 0) is 31.9 Å². The molecule has 1 aromatic heterocycles. The lowest BCUT2D eigenvalue weighted by molar-refractivity contribution is -0.228. The normalized spacial score (nSPS) is 30.5. The molecule has 0 spiro atoms. The fourth-order valence-electron chi connectivity index (χ4n) is 3.48. The number of hydrogen-bond donors (Lipinski definition) is 0. The Hall–Kier alpha value is -1.80. The zero-order valence-electron chi connectivity index (χ0n) is 14.7. The third kappa shape index (κ3) is 3.46. The Morgan fingerprint density at radius 3 is 2.68 bits per heavy atom. The molecule has 4 rings (SSSR count). The lowest BCUT2D eigenvalue weighted by Gasteiger charge is -2.23. The summed E-state index contributed by atoms with van der Waals surface area (Å²) in [7, 11) is 1.62. The van der Waals surface area contributed by atoms with Gasteiger partial charge in [0.05, 0.1) is 12.2 Å². The molecule has 2 aliphatic heterocycles. The second-order valence-corrected chi connectivity index (χ2v) is 6.94. The third-order valence-corrected chi connectivity index (χ3v) is 4.52. The second kappa shape index (κ2) is 6.49. The molecule has 0 saturated carbocycles. The minimum absolute atomic E-state index is 0.179. The van der Waals surface area contributed by atoms with E-state index in [-0.39, 0.29) is 18.3 Å². The number of hydrogen-bond acceptors (Lipinski definition) is 6. The summed E-state index contributed by atoms with van der Waals surface area (Å²) in [5.74, 6) is -0.630. The lowest BCUT2D eigenvalue weighted by atomic mass is 10.1. The van der Waals surface area contributed by atoms with Crippen LogP contribution in [-0.4, -0.2) is 52.5 Å². The summed E-state index contributed by atoms with van der Waals surface area (Å²) in [4.78, 5) is 0. The van der Waals surface area contributed by atoms with Gasteiger partial charge in [0.25, 0.3) is 0 Å². The number of aromatic nitrogens is 3. The molecule has 134 valence electrons. The fraction of sp³-hybridized carbons (Fsp3) is 0.556. The largest absolute Gasteiger partial charge is 0.353 e. The van der Waals surface area contributed by atoms with Crippen LogP contribution in [0.5, 0.6) is 0 Å². The first-order valence-corrected chi connectivity index (χ1v) is 8.51. The van der Waals surface area contributed by atoms with Crippen LogP contribution in [0, 0.1) is 0 Å². The Morgan fingerprint density at radius 1 is 1.16 bits per heavy atom. The Kier molecular flexibility index (Phi) is 4.33. The van der Waals surface area contributed by atoms with Crippen molar-refractivity contribution >= 4 is 0 Å². The van der Waals surface area contributed by atoms with Gasteiger partial charge in [0.15, 0.2) is 12.1 Å². The van der Waals surface area contributed by atoms with E-state index in [0.29, 0.717) is 6.54 Å². The number of benzene rings is 1. The molecule has 0 aliphatic carbocycles. The maximum Gasteiger partial charge on any atom is 0.186 e. The summed E-state index contributed by atoms with van der Waals surface area (Å²) in [6.07, 6.45) is 1.68. The summed E-state index contributed by atoms with van der Waals surface area (Å²) in [6.45, 7) is 4.35. The smallest absolute Gasteiger partial charge is 0.186 e. The van der Waals surface area contributed by atoms with Crippen molar-refractivity contribution in [3.63, 3.8) is 0 Å². The van der Waals surface area contributed by atoms with Gasteiger partial charge in [-0.25, -0.2) is 4.68 Å². The Labute approximate surface area is 146 Å². The van der Waals surface area contributed by atoms with Gasteiger partial charge in [-0.3, -0.25) is 0 Å². The van der Waals surface area contributed by atoms with Gasteiger partial charge in [-0.15, -0.1) is 5.10 Å². The van der Waals surface area contributed by atoms with Crippen LogP contribution in [0.15, 0.2) is 36.5 Å². The minimum atomic E-state index is -0.630. The van der Waals surface area contributed by atoms with Crippen molar-refractivity contribution in [3.8, 4) is 0 Å². The zero-order chi connectivity index (χ0) is 17.4. The molecule has 1 aromatic carbocycles. The molecule has 0 bridgehead atoms. The van der Waals surface area contributed by atoms with E-state index < -0.39 is 12.1 Å². The van der Waals surface area contributed by atoms with E-state index in [4.69, 9.17) is 18.9 Å². The van der Waals surface area contributed by atoms with Crippen LogP contribution in [0.4, 0.5) is 0 Å². The standard InChI is InChI=1S/C18H23N3O4/c1-18(2)24-15-14(23-17(22-3)16(15)25-18)11-21-10-13(19-20-21)9-12-7-5-4-6-8-12/h4-8,10,14-17H,9,11H2,1-3H3/t14-,15-,16-,17-/m1/s1. The number of rotatable bonds is 5. The van der Waals surface area contributed by atoms with E-state index in [1.165, 1.54) is 5.56 Å². The highest BCUT2D eigenvalue weighted by Crippen LogP contribution is 2.39. The van der Waals surface area contributed by atoms with Gasteiger partial charge in [0.2, 0.25) is 0 Å². The highest BCUT2D eigenvalue weighted by atomic mass is 16.8. The van der Waals surface area contributed by atoms with Crippen LogP contribution in [0.3, 0.4) is 0 Å². The van der Waals surface area contributed by atoms with Gasteiger partial charge in [0, 0.05) is 19.7 Å². The number of fused-ring (bicyclic) bond motifs is 1. The highest BCUT2D eigenvalue weighted by molar-refractivity contribution is 5.19. The zero-order valence-corrected chi connectivity index (χ0v) is 14.7. The quantitative estimate of drug-likeness (QED) is 0.823. The molecule has 2 aliphatic rings. The maximum atomic E-state index is 6.00. The maximum absolute atomic E-state index is 6.00. The van der Waals surface area contributed by atoms with Gasteiger partial charge >= 0.3 is 0 Å². The molecule has 7 heteroatoms. The Morgan fingerprint density at radius 2 is 1.92 bits per heavy atom. The first-order valence-electron chi connectivity index (χ1n) is 8.51. The van der Waals surface area contributed by atoms with E-state index in [1.54, 1.807) is 11.8 Å². The predicted octanol–water partition coefficient (Wildman–Crippen LogP) is 1.76. The van der Waals surface area contributed by atoms with E-state index in [1.807, 2.05) is 38.2 Å². The van der Waals surface area contributed by atoms with Gasteiger partial charge in [-0.05, 0) is 19.4 Å². The molecule has 0 amide bonds. The van der Waals surface area contributed by atoms with Crippen LogP contribution in [0.1, 0.15) is 25.1 Å². The predicted molar refractivity (Wildman–Crippen MR) is 88.8 cm³/mol. The van der Waals surface area contributed by atoms with Crippen molar-refractivity contribution in [2.24, 2.45) is 0 Å². The summed E-state index contributed by atoms with van der Waals surface area (Å²) < 4.78 is 25.1. The monoisotopic (exact) mass is 345 g/mol. The van der Waals surface area contributed by atoms with Gasteiger partial charge in [-0.1, -0.05) is 35.5 Å². The first kappa shape index (κ1) is 16.7. The third-order valence-electron chi connectivity index (χ3n) is 4.52. The van der Waals surface area contributed by atoms with Crippen LogP contribution >= 0.6 is 0 Å². The van der Waals surface area contributed by atoms with Crippen molar-refractivity contribution in [1.29, 1.82) is 0 Å². The van der Waals surface area contributed by atoms with Gasteiger partial charge in [-0.2, -0.15) is 0 Å². The molecular weight excluding hydrogens is 322 g/mol. The fourth-order valence-corrected chi connectivity index (χ4v) is 3.48. The first-order chi connectivity index (χ1) is 12.0. The molecule has 4 atom stereocenters. The molecule has 2 aromatic rings. The van der Waals surface area contributed by atoms with Crippen molar-refractivity contribution in [2.45, 2.75) is 57.2 Å². The average molecular weight is 345 g/mol. The molecule has 3 heterocycles. The summed E-state index contributed by atoms with van der Waals surface area (Å²) >= 11 is 0. The van der Waals surface area contributed by atoms with Gasteiger partial charge in [0.1, 0.15) is 18.3 Å². The topological polar surface area (TPSA) is 67.6 Å². The Bertz CT molecular complexity index is 718. The van der Waals surface area contributed by atoms with Crippen LogP contribution in [0.25, 0.3) is 0 Å². The Balaban J connectivity index is 1.44. The van der Waals surface area contributed by atoms with Gasteiger partial charge < -0.3 is 18.9 Å².